The second kappa shape index (κ2) is 6.10. The van der Waals surface area contributed by atoms with E-state index in [1.165, 1.54) is 0 Å². The highest BCUT2D eigenvalue weighted by molar-refractivity contribution is 7.79. The fourth-order valence-electron chi connectivity index (χ4n) is 4.25. The molecule has 0 N–H and O–H groups in total. The Labute approximate surface area is 155 Å². The first-order valence-corrected chi connectivity index (χ1v) is 8.65. The largest absolute Gasteiger partial charge is 0.455 e. The molecular formula is C17H13F5O4S. The molecule has 5 atom stereocenters. The van der Waals surface area contributed by atoms with Crippen LogP contribution in [0.15, 0.2) is 0 Å². The van der Waals surface area contributed by atoms with Gasteiger partial charge < -0.3 is 14.2 Å². The maximum absolute atomic E-state index is 13.6. The Hall–Kier alpha value is -1.81. The van der Waals surface area contributed by atoms with Crippen LogP contribution < -0.4 is 4.74 Å². The van der Waals surface area contributed by atoms with Crippen LogP contribution in [0.25, 0.3) is 0 Å². The van der Waals surface area contributed by atoms with Gasteiger partial charge >= 0.3 is 5.24 Å². The number of hydrogen-bond acceptors (Lipinski definition) is 5. The second-order valence-electron chi connectivity index (χ2n) is 6.98. The Kier molecular flexibility index (Phi) is 4.19. The summed E-state index contributed by atoms with van der Waals surface area (Å²) in [5, 5.41) is -0.832. The van der Waals surface area contributed by atoms with Crippen molar-refractivity contribution in [3.8, 4) is 5.75 Å². The van der Waals surface area contributed by atoms with Crippen molar-refractivity contribution in [1.29, 1.82) is 0 Å². The van der Waals surface area contributed by atoms with Crippen molar-refractivity contribution in [3.63, 3.8) is 0 Å². The minimum atomic E-state index is -2.30. The summed E-state index contributed by atoms with van der Waals surface area (Å²) in [6, 6.07) is 0. The van der Waals surface area contributed by atoms with Gasteiger partial charge in [0.25, 0.3) is 0 Å². The molecule has 3 fully saturated rings. The lowest BCUT2D eigenvalue weighted by Crippen LogP contribution is -2.27. The lowest BCUT2D eigenvalue weighted by Gasteiger charge is -2.16. The van der Waals surface area contributed by atoms with Crippen molar-refractivity contribution in [3.05, 3.63) is 29.1 Å². The number of epoxide rings is 1. The van der Waals surface area contributed by atoms with Gasteiger partial charge in [-0.05, 0) is 19.3 Å². The fraction of sp³-hybridized carbons (Fsp3) is 0.529. The maximum Gasteiger partial charge on any atom is 0.358 e. The van der Waals surface area contributed by atoms with Gasteiger partial charge in [0, 0.05) is 24.6 Å². The highest BCUT2D eigenvalue weighted by atomic mass is 32.1. The number of hydrogen-bond donors (Lipinski definition) is 0. The summed E-state index contributed by atoms with van der Waals surface area (Å²) in [5.41, 5.74) is -0.792. The number of ketones is 1. The van der Waals surface area contributed by atoms with Crippen LogP contribution in [0.1, 0.15) is 19.8 Å². The van der Waals surface area contributed by atoms with Crippen molar-refractivity contribution in [2.45, 2.75) is 32.0 Å². The first-order valence-electron chi connectivity index (χ1n) is 8.25. The molecule has 4 nitrogen and oxygen atoms in total. The molecule has 0 spiro atoms. The number of Topliss-reactive ketones (excluding diaryl/α,β-unsaturated/α-hetero) is 1. The van der Waals surface area contributed by atoms with Crippen molar-refractivity contribution in [1.82, 2.24) is 0 Å². The molecule has 2 saturated carbocycles. The highest BCUT2D eigenvalue weighted by Crippen LogP contribution is 2.70. The molecule has 10 heteroatoms. The molecule has 4 rings (SSSR count). The SMILES string of the molecule is C[C@H]1O[C@H]1[C@H]1[C@@H]2CCC(=O)[C@]12COC(=S)Oc1c(F)c(F)c(F)c(F)c1F. The quantitative estimate of drug-likeness (QED) is 0.251. The average Bonchev–Trinajstić information content (AvgIpc) is 3.49. The van der Waals surface area contributed by atoms with Gasteiger partial charge in [0.15, 0.2) is 0 Å². The summed E-state index contributed by atoms with van der Waals surface area (Å²) in [6.45, 7) is 1.69. The van der Waals surface area contributed by atoms with Gasteiger partial charge in [-0.2, -0.15) is 8.78 Å². The summed E-state index contributed by atoms with van der Waals surface area (Å²) in [5.74, 6) is -12.4. The average molecular weight is 408 g/mol. The van der Waals surface area contributed by atoms with Crippen molar-refractivity contribution >= 4 is 23.2 Å². The Morgan fingerprint density at radius 2 is 1.70 bits per heavy atom. The third-order valence-electron chi connectivity index (χ3n) is 5.68. The summed E-state index contributed by atoms with van der Waals surface area (Å²) < 4.78 is 81.9. The van der Waals surface area contributed by atoms with E-state index in [1.807, 2.05) is 6.92 Å². The van der Waals surface area contributed by atoms with Crippen LogP contribution in [-0.2, 0) is 14.3 Å². The number of thiocarbonyl (C=S) groups is 1. The number of ether oxygens (including phenoxy) is 3. The highest BCUT2D eigenvalue weighted by Gasteiger charge is 2.77. The molecule has 1 saturated heterocycles. The molecule has 0 aromatic heterocycles. The molecule has 0 radical (unpaired) electrons. The molecule has 1 heterocycles. The molecule has 0 amide bonds. The topological polar surface area (TPSA) is 48.1 Å². The van der Waals surface area contributed by atoms with Gasteiger partial charge in [-0.3, -0.25) is 4.79 Å². The van der Waals surface area contributed by atoms with E-state index in [1.54, 1.807) is 0 Å². The first kappa shape index (κ1) is 18.5. The molecule has 0 unspecified atom stereocenters. The van der Waals surface area contributed by atoms with Crippen molar-refractivity contribution < 1.29 is 41.0 Å². The zero-order valence-corrected chi connectivity index (χ0v) is 14.7. The number of carbonyl (C=O) groups is 1. The zero-order valence-electron chi connectivity index (χ0n) is 13.9. The third-order valence-corrected chi connectivity index (χ3v) is 5.88. The van der Waals surface area contributed by atoms with Crippen LogP contribution in [-0.4, -0.2) is 29.8 Å². The number of fused-ring (bicyclic) bond motifs is 1. The summed E-state index contributed by atoms with van der Waals surface area (Å²) >= 11 is 4.70. The predicted octanol–water partition coefficient (Wildman–Crippen LogP) is 3.45. The second-order valence-corrected chi connectivity index (χ2v) is 7.31. The lowest BCUT2D eigenvalue weighted by molar-refractivity contribution is -0.124. The Bertz CT molecular complexity index is 833. The molecule has 1 aliphatic heterocycles. The summed E-state index contributed by atoms with van der Waals surface area (Å²) in [7, 11) is 0. The third kappa shape index (κ3) is 2.64. The Morgan fingerprint density at radius 1 is 1.15 bits per heavy atom. The van der Waals surface area contributed by atoms with Crippen molar-refractivity contribution in [2.75, 3.05) is 6.61 Å². The van der Waals surface area contributed by atoms with Gasteiger partial charge in [0.1, 0.15) is 12.4 Å². The fourth-order valence-corrected chi connectivity index (χ4v) is 4.39. The van der Waals surface area contributed by atoms with E-state index in [0.717, 1.165) is 0 Å². The van der Waals surface area contributed by atoms with Crippen LogP contribution in [0.2, 0.25) is 0 Å². The molecular weight excluding hydrogens is 395 g/mol. The molecule has 0 bridgehead atoms. The number of carbonyl (C=O) groups excluding carboxylic acids is 1. The number of benzene rings is 1. The van der Waals surface area contributed by atoms with E-state index in [-0.39, 0.29) is 36.4 Å². The number of halogens is 5. The minimum absolute atomic E-state index is 0.0146. The standard InChI is InChI=1S/C17H13F5O4S/c1-5-14(25-5)8-6-2-3-7(23)17(6,8)4-24-16(27)26-15-12(21)10(19)9(18)11(20)13(15)22/h5-6,8,14H,2-4H2,1H3/t5-,6+,8-,14-,17-/m1/s1. The number of rotatable bonds is 4. The van der Waals surface area contributed by atoms with Gasteiger partial charge in [0.05, 0.1) is 17.6 Å². The molecule has 146 valence electrons. The van der Waals surface area contributed by atoms with E-state index in [4.69, 9.17) is 21.7 Å². The normalized spacial score (nSPS) is 33.6. The van der Waals surface area contributed by atoms with Gasteiger partial charge in [-0.1, -0.05) is 0 Å². The molecule has 3 aliphatic rings. The van der Waals surface area contributed by atoms with Gasteiger partial charge in [0.2, 0.25) is 34.8 Å². The van der Waals surface area contributed by atoms with Gasteiger partial charge in [-0.25, -0.2) is 13.2 Å². The smallest absolute Gasteiger partial charge is 0.358 e. The van der Waals surface area contributed by atoms with E-state index >= 15 is 0 Å². The lowest BCUT2D eigenvalue weighted by atomic mass is 9.96. The monoisotopic (exact) mass is 408 g/mol. The van der Waals surface area contributed by atoms with Gasteiger partial charge in [-0.15, -0.1) is 0 Å². The Morgan fingerprint density at radius 3 is 2.26 bits per heavy atom. The molecule has 1 aromatic rings. The van der Waals surface area contributed by atoms with Crippen molar-refractivity contribution in [2.24, 2.45) is 17.3 Å². The summed E-state index contributed by atoms with van der Waals surface area (Å²) in [6.07, 6.45) is 1.07. The van der Waals surface area contributed by atoms with Crippen LogP contribution in [0.5, 0.6) is 5.75 Å². The van der Waals surface area contributed by atoms with Crippen LogP contribution in [0.4, 0.5) is 22.0 Å². The first-order chi connectivity index (χ1) is 12.7. The van der Waals surface area contributed by atoms with Crippen LogP contribution in [0.3, 0.4) is 0 Å². The van der Waals surface area contributed by atoms with E-state index < -0.39 is 45.5 Å². The summed E-state index contributed by atoms with van der Waals surface area (Å²) in [4.78, 5) is 12.3. The Balaban J connectivity index is 1.46. The molecule has 1 aromatic carbocycles. The minimum Gasteiger partial charge on any atom is -0.455 e. The maximum atomic E-state index is 13.6. The zero-order chi connectivity index (χ0) is 19.7. The molecule has 2 aliphatic carbocycles. The predicted molar refractivity (Wildman–Crippen MR) is 83.4 cm³/mol. The molecule has 27 heavy (non-hydrogen) atoms. The van der Waals surface area contributed by atoms with E-state index in [2.05, 4.69) is 4.74 Å². The van der Waals surface area contributed by atoms with Crippen LogP contribution in [0, 0.1) is 46.3 Å². The van der Waals surface area contributed by atoms with E-state index in [0.29, 0.717) is 12.8 Å². The van der Waals surface area contributed by atoms with Crippen LogP contribution >= 0.6 is 12.2 Å². The van der Waals surface area contributed by atoms with E-state index in [9.17, 15) is 26.7 Å².